The molecule has 3 rings (SSSR count). The lowest BCUT2D eigenvalue weighted by molar-refractivity contribution is -0.0498. The van der Waals surface area contributed by atoms with Crippen molar-refractivity contribution in [1.29, 1.82) is 0 Å². The van der Waals surface area contributed by atoms with Crippen molar-refractivity contribution in [3.63, 3.8) is 0 Å². The van der Waals surface area contributed by atoms with E-state index in [0.717, 1.165) is 5.56 Å². The zero-order valence-corrected chi connectivity index (χ0v) is 14.1. The van der Waals surface area contributed by atoms with E-state index >= 15 is 0 Å². The number of amides is 1. The van der Waals surface area contributed by atoms with E-state index in [0.29, 0.717) is 25.2 Å². The van der Waals surface area contributed by atoms with Crippen molar-refractivity contribution in [3.05, 3.63) is 59.9 Å². The standard InChI is InChI=1S/C17H17F2N3O2.ClH/c18-17(19)24-14-5-3-12(4-6-14)16(23)22-9-8-21-11-15(22)13-2-1-7-20-10-13;/h1-7,10,15,17,21H,8-9,11H2;1H. The molecule has 2 heterocycles. The molecule has 0 bridgehead atoms. The molecule has 1 amide bonds. The van der Waals surface area contributed by atoms with Crippen molar-refractivity contribution in [3.8, 4) is 5.75 Å². The second-order valence-electron chi connectivity index (χ2n) is 5.41. The summed E-state index contributed by atoms with van der Waals surface area (Å²) in [5.74, 6) is -0.111. The van der Waals surface area contributed by atoms with E-state index in [1.165, 1.54) is 24.3 Å². The number of carbonyl (C=O) groups is 1. The average molecular weight is 370 g/mol. The molecule has 1 atom stereocenters. The smallest absolute Gasteiger partial charge is 0.387 e. The lowest BCUT2D eigenvalue weighted by Crippen LogP contribution is -2.48. The number of hydrogen-bond acceptors (Lipinski definition) is 4. The van der Waals surface area contributed by atoms with Crippen LogP contribution in [0.5, 0.6) is 5.75 Å². The van der Waals surface area contributed by atoms with Crippen LogP contribution in [0, 0.1) is 0 Å². The third-order valence-corrected chi connectivity index (χ3v) is 3.90. The van der Waals surface area contributed by atoms with Gasteiger partial charge in [-0.1, -0.05) is 6.07 Å². The molecular formula is C17H18ClF2N3O2. The van der Waals surface area contributed by atoms with Crippen molar-refractivity contribution in [2.45, 2.75) is 12.7 Å². The summed E-state index contributed by atoms with van der Waals surface area (Å²) < 4.78 is 28.7. The van der Waals surface area contributed by atoms with E-state index in [1.54, 1.807) is 17.3 Å². The van der Waals surface area contributed by atoms with Crippen molar-refractivity contribution < 1.29 is 18.3 Å². The minimum atomic E-state index is -2.88. The molecule has 0 spiro atoms. The van der Waals surface area contributed by atoms with Crippen molar-refractivity contribution in [2.75, 3.05) is 19.6 Å². The molecule has 0 radical (unpaired) electrons. The second-order valence-corrected chi connectivity index (χ2v) is 5.41. The highest BCUT2D eigenvalue weighted by Crippen LogP contribution is 2.24. The first kappa shape index (κ1) is 19.1. The van der Waals surface area contributed by atoms with Crippen LogP contribution in [-0.2, 0) is 0 Å². The quantitative estimate of drug-likeness (QED) is 0.900. The maximum absolute atomic E-state index is 12.8. The van der Waals surface area contributed by atoms with E-state index < -0.39 is 6.61 Å². The highest BCUT2D eigenvalue weighted by Gasteiger charge is 2.28. The van der Waals surface area contributed by atoms with Crippen LogP contribution in [0.3, 0.4) is 0 Å². The first-order valence-corrected chi connectivity index (χ1v) is 7.61. The van der Waals surface area contributed by atoms with Gasteiger partial charge in [-0.15, -0.1) is 12.4 Å². The van der Waals surface area contributed by atoms with Gasteiger partial charge in [0.25, 0.3) is 5.91 Å². The number of piperazine rings is 1. The van der Waals surface area contributed by atoms with Gasteiger partial charge in [-0.05, 0) is 35.9 Å². The number of ether oxygens (including phenoxy) is 1. The minimum Gasteiger partial charge on any atom is -0.435 e. The highest BCUT2D eigenvalue weighted by atomic mass is 35.5. The molecule has 0 saturated carbocycles. The van der Waals surface area contributed by atoms with Crippen LogP contribution in [0.15, 0.2) is 48.8 Å². The summed E-state index contributed by atoms with van der Waals surface area (Å²) in [6.07, 6.45) is 3.44. The van der Waals surface area contributed by atoms with Gasteiger partial charge in [0.1, 0.15) is 5.75 Å². The van der Waals surface area contributed by atoms with Gasteiger partial charge in [-0.2, -0.15) is 8.78 Å². The normalized spacial score (nSPS) is 17.1. The molecule has 25 heavy (non-hydrogen) atoms. The third-order valence-electron chi connectivity index (χ3n) is 3.90. The number of carbonyl (C=O) groups excluding carboxylic acids is 1. The molecule has 1 aliphatic rings. The summed E-state index contributed by atoms with van der Waals surface area (Å²) in [5.41, 5.74) is 1.39. The van der Waals surface area contributed by atoms with Crippen LogP contribution < -0.4 is 10.1 Å². The zero-order valence-electron chi connectivity index (χ0n) is 13.3. The number of aromatic nitrogens is 1. The Morgan fingerprint density at radius 1 is 1.28 bits per heavy atom. The molecule has 1 aromatic carbocycles. The molecule has 1 unspecified atom stereocenters. The summed E-state index contributed by atoms with van der Waals surface area (Å²) in [5, 5.41) is 3.28. The van der Waals surface area contributed by atoms with Gasteiger partial charge in [0.15, 0.2) is 0 Å². The predicted molar refractivity (Wildman–Crippen MR) is 91.2 cm³/mol. The fourth-order valence-corrected chi connectivity index (χ4v) is 2.76. The second kappa shape index (κ2) is 8.73. The number of alkyl halides is 2. The Morgan fingerprint density at radius 3 is 2.68 bits per heavy atom. The summed E-state index contributed by atoms with van der Waals surface area (Å²) in [4.78, 5) is 18.7. The number of hydrogen-bond donors (Lipinski definition) is 1. The fraction of sp³-hybridized carbons (Fsp3) is 0.294. The first-order valence-electron chi connectivity index (χ1n) is 7.61. The Kier molecular flexibility index (Phi) is 6.66. The van der Waals surface area contributed by atoms with Crippen LogP contribution in [0.2, 0.25) is 0 Å². The van der Waals surface area contributed by atoms with Gasteiger partial charge >= 0.3 is 6.61 Å². The number of halogens is 3. The molecule has 8 heteroatoms. The number of pyridine rings is 1. The summed E-state index contributed by atoms with van der Waals surface area (Å²) in [6, 6.07) is 9.41. The minimum absolute atomic E-state index is 0. The SMILES string of the molecule is Cl.O=C(c1ccc(OC(F)F)cc1)N1CCNCC1c1cccnc1. The van der Waals surface area contributed by atoms with Crippen LogP contribution in [0.1, 0.15) is 22.0 Å². The highest BCUT2D eigenvalue weighted by molar-refractivity contribution is 5.94. The topological polar surface area (TPSA) is 54.5 Å². The van der Waals surface area contributed by atoms with Crippen LogP contribution in [0.4, 0.5) is 8.78 Å². The molecule has 134 valence electrons. The number of nitrogens with zero attached hydrogens (tertiary/aromatic N) is 2. The van der Waals surface area contributed by atoms with Gasteiger partial charge in [-0.25, -0.2) is 0 Å². The summed E-state index contributed by atoms with van der Waals surface area (Å²) in [6.45, 7) is -0.970. The van der Waals surface area contributed by atoms with E-state index in [1.807, 2.05) is 12.1 Å². The average Bonchev–Trinajstić information content (AvgIpc) is 2.62. The van der Waals surface area contributed by atoms with Gasteiger partial charge in [-0.3, -0.25) is 9.78 Å². The Labute approximate surface area is 150 Å². The Balaban J connectivity index is 0.00000225. The van der Waals surface area contributed by atoms with E-state index in [-0.39, 0.29) is 30.1 Å². The number of benzene rings is 1. The molecule has 1 fully saturated rings. The predicted octanol–water partition coefficient (Wildman–Crippen LogP) is 2.89. The van der Waals surface area contributed by atoms with E-state index in [2.05, 4.69) is 15.0 Å². The van der Waals surface area contributed by atoms with Gasteiger partial charge in [0, 0.05) is 37.6 Å². The molecule has 1 aromatic heterocycles. The maximum atomic E-state index is 12.8. The lowest BCUT2D eigenvalue weighted by atomic mass is 10.0. The molecule has 5 nitrogen and oxygen atoms in total. The maximum Gasteiger partial charge on any atom is 0.387 e. The summed E-state index contributed by atoms with van der Waals surface area (Å²) >= 11 is 0. The van der Waals surface area contributed by atoms with Crippen molar-refractivity contribution in [2.24, 2.45) is 0 Å². The molecule has 1 aliphatic heterocycles. The van der Waals surface area contributed by atoms with Crippen molar-refractivity contribution in [1.82, 2.24) is 15.2 Å². The zero-order chi connectivity index (χ0) is 16.9. The molecule has 1 saturated heterocycles. The third kappa shape index (κ3) is 4.64. The number of nitrogens with one attached hydrogen (secondary N) is 1. The van der Waals surface area contributed by atoms with Gasteiger partial charge in [0.05, 0.1) is 6.04 Å². The van der Waals surface area contributed by atoms with Crippen LogP contribution in [-0.4, -0.2) is 42.0 Å². The fourth-order valence-electron chi connectivity index (χ4n) is 2.76. The Hall–Kier alpha value is -2.25. The molecule has 2 aromatic rings. The van der Waals surface area contributed by atoms with Gasteiger partial charge in [0.2, 0.25) is 0 Å². The monoisotopic (exact) mass is 369 g/mol. The lowest BCUT2D eigenvalue weighted by Gasteiger charge is -2.36. The molecule has 0 aliphatic carbocycles. The van der Waals surface area contributed by atoms with Crippen LogP contribution in [0.25, 0.3) is 0 Å². The van der Waals surface area contributed by atoms with E-state index in [9.17, 15) is 13.6 Å². The first-order chi connectivity index (χ1) is 11.6. The Morgan fingerprint density at radius 2 is 2.04 bits per heavy atom. The summed E-state index contributed by atoms with van der Waals surface area (Å²) in [7, 11) is 0. The number of rotatable bonds is 4. The van der Waals surface area contributed by atoms with Crippen molar-refractivity contribution >= 4 is 18.3 Å². The van der Waals surface area contributed by atoms with E-state index in [4.69, 9.17) is 0 Å². The Bertz CT molecular complexity index is 686. The van der Waals surface area contributed by atoms with Crippen LogP contribution >= 0.6 is 12.4 Å². The molecular weight excluding hydrogens is 352 g/mol. The largest absolute Gasteiger partial charge is 0.435 e. The van der Waals surface area contributed by atoms with Gasteiger partial charge < -0.3 is 15.0 Å². The molecule has 1 N–H and O–H groups in total.